The Balaban J connectivity index is 2.20. The molecule has 1 aliphatic rings. The molecule has 0 amide bonds. The number of halogens is 1. The van der Waals surface area contributed by atoms with E-state index in [0.29, 0.717) is 17.3 Å². The van der Waals surface area contributed by atoms with Crippen LogP contribution in [0.4, 0.5) is 10.2 Å². The number of anilines is 1. The van der Waals surface area contributed by atoms with Crippen molar-refractivity contribution < 1.29 is 4.39 Å². The zero-order chi connectivity index (χ0) is 15.2. The van der Waals surface area contributed by atoms with Crippen LogP contribution in [0.5, 0.6) is 0 Å². The second-order valence-corrected chi connectivity index (χ2v) is 6.68. The third-order valence-corrected chi connectivity index (χ3v) is 4.85. The van der Waals surface area contributed by atoms with Crippen LogP contribution in [-0.4, -0.2) is 9.78 Å². The van der Waals surface area contributed by atoms with E-state index in [-0.39, 0.29) is 11.2 Å². The van der Waals surface area contributed by atoms with Crippen LogP contribution >= 0.6 is 0 Å². The minimum absolute atomic E-state index is 0.181. The molecule has 2 aromatic rings. The molecule has 21 heavy (non-hydrogen) atoms. The Kier molecular flexibility index (Phi) is 3.27. The summed E-state index contributed by atoms with van der Waals surface area (Å²) in [6, 6.07) is 6.80. The van der Waals surface area contributed by atoms with Gasteiger partial charge < -0.3 is 5.73 Å². The van der Waals surface area contributed by atoms with E-state index < -0.39 is 0 Å². The van der Waals surface area contributed by atoms with E-state index in [1.54, 1.807) is 16.8 Å². The minimum Gasteiger partial charge on any atom is -0.383 e. The summed E-state index contributed by atoms with van der Waals surface area (Å²) in [6.45, 7) is 4.53. The number of aryl methyl sites for hydroxylation is 1. The number of benzene rings is 1. The van der Waals surface area contributed by atoms with Gasteiger partial charge in [-0.2, -0.15) is 5.10 Å². The molecular formula is C17H22FN3. The average molecular weight is 287 g/mol. The number of nitrogens with two attached hydrogens (primary N) is 1. The summed E-state index contributed by atoms with van der Waals surface area (Å²) in [5.74, 6) is 0.627. The molecule has 1 fully saturated rings. The smallest absolute Gasteiger partial charge is 0.131 e. The molecule has 1 heterocycles. The second kappa shape index (κ2) is 4.86. The number of nitrogen functional groups attached to an aromatic ring is 1. The molecule has 1 aromatic heterocycles. The normalized spacial score (nSPS) is 20.9. The highest BCUT2D eigenvalue weighted by atomic mass is 19.1. The van der Waals surface area contributed by atoms with E-state index in [9.17, 15) is 4.39 Å². The Morgan fingerprint density at radius 3 is 2.67 bits per heavy atom. The van der Waals surface area contributed by atoms with Gasteiger partial charge in [-0.1, -0.05) is 38.5 Å². The summed E-state index contributed by atoms with van der Waals surface area (Å²) < 4.78 is 15.9. The van der Waals surface area contributed by atoms with Gasteiger partial charge in [0.05, 0.1) is 11.3 Å². The Morgan fingerprint density at radius 1 is 1.33 bits per heavy atom. The first-order valence-electron chi connectivity index (χ1n) is 7.49. The van der Waals surface area contributed by atoms with Gasteiger partial charge in [0.2, 0.25) is 0 Å². The Morgan fingerprint density at radius 2 is 2.05 bits per heavy atom. The Bertz CT molecular complexity index is 673. The molecule has 0 saturated heterocycles. The van der Waals surface area contributed by atoms with E-state index in [4.69, 9.17) is 5.73 Å². The third kappa shape index (κ3) is 2.23. The van der Waals surface area contributed by atoms with Gasteiger partial charge in [-0.05, 0) is 24.3 Å². The monoisotopic (exact) mass is 287 g/mol. The van der Waals surface area contributed by atoms with Crippen LogP contribution in [0.15, 0.2) is 24.3 Å². The molecule has 0 radical (unpaired) electrons. The van der Waals surface area contributed by atoms with Gasteiger partial charge in [0.1, 0.15) is 11.6 Å². The summed E-state index contributed by atoms with van der Waals surface area (Å²) in [5.41, 5.74) is 8.65. The van der Waals surface area contributed by atoms with Crippen LogP contribution in [0.1, 0.15) is 44.7 Å². The molecule has 1 aliphatic carbocycles. The predicted octanol–water partition coefficient (Wildman–Crippen LogP) is 4.10. The largest absolute Gasteiger partial charge is 0.383 e. The Hall–Kier alpha value is -1.84. The lowest BCUT2D eigenvalue weighted by molar-refractivity contribution is 0.326. The molecule has 1 saturated carbocycles. The second-order valence-electron chi connectivity index (χ2n) is 6.68. The number of nitrogens with zero attached hydrogens (tertiary/aromatic N) is 2. The van der Waals surface area contributed by atoms with E-state index >= 15 is 0 Å². The maximum atomic E-state index is 14.2. The molecule has 3 nitrogen and oxygen atoms in total. The number of hydrogen-bond donors (Lipinski definition) is 1. The van der Waals surface area contributed by atoms with Crippen molar-refractivity contribution >= 4 is 5.82 Å². The zero-order valence-electron chi connectivity index (χ0n) is 12.9. The molecule has 2 N–H and O–H groups in total. The van der Waals surface area contributed by atoms with Crippen LogP contribution in [-0.2, 0) is 7.05 Å². The van der Waals surface area contributed by atoms with Gasteiger partial charge in [-0.15, -0.1) is 0 Å². The van der Waals surface area contributed by atoms with Crippen molar-refractivity contribution in [1.82, 2.24) is 9.78 Å². The van der Waals surface area contributed by atoms with Gasteiger partial charge in [-0.25, -0.2) is 4.39 Å². The van der Waals surface area contributed by atoms with Crippen LogP contribution in [0.3, 0.4) is 0 Å². The van der Waals surface area contributed by atoms with E-state index in [2.05, 4.69) is 18.9 Å². The van der Waals surface area contributed by atoms with Crippen LogP contribution in [0, 0.1) is 11.2 Å². The Labute approximate surface area is 125 Å². The van der Waals surface area contributed by atoms with Crippen molar-refractivity contribution in [2.75, 3.05) is 5.73 Å². The van der Waals surface area contributed by atoms with E-state index in [1.165, 1.54) is 18.9 Å². The standard InChI is InChI=1S/C17H22FN3/c1-17(2)10-6-8-12(17)15-14(16(19)21(3)20-15)11-7-4-5-9-13(11)18/h4-5,7,9,12H,6,8,10,19H2,1-3H3. The molecule has 1 aromatic carbocycles. The van der Waals surface area contributed by atoms with Crippen molar-refractivity contribution in [3.8, 4) is 11.1 Å². The molecule has 0 spiro atoms. The molecule has 1 atom stereocenters. The first kappa shape index (κ1) is 14.1. The first-order chi connectivity index (χ1) is 9.92. The number of rotatable bonds is 2. The summed E-state index contributed by atoms with van der Waals surface area (Å²) >= 11 is 0. The SMILES string of the molecule is Cn1nc(C2CCCC2(C)C)c(-c2ccccc2F)c1N. The van der Waals surface area contributed by atoms with Gasteiger partial charge >= 0.3 is 0 Å². The van der Waals surface area contributed by atoms with Gasteiger partial charge in [0.15, 0.2) is 0 Å². The van der Waals surface area contributed by atoms with Crippen molar-refractivity contribution in [2.24, 2.45) is 12.5 Å². The summed E-state index contributed by atoms with van der Waals surface area (Å²) in [4.78, 5) is 0. The average Bonchev–Trinajstić information content (AvgIpc) is 2.91. The highest BCUT2D eigenvalue weighted by molar-refractivity contribution is 5.77. The van der Waals surface area contributed by atoms with Crippen molar-refractivity contribution in [3.05, 3.63) is 35.8 Å². The quantitative estimate of drug-likeness (QED) is 0.903. The lowest BCUT2D eigenvalue weighted by atomic mass is 9.78. The fourth-order valence-corrected chi connectivity index (χ4v) is 3.58. The molecule has 112 valence electrons. The summed E-state index contributed by atoms with van der Waals surface area (Å²) in [6.07, 6.45) is 3.45. The third-order valence-electron chi connectivity index (χ3n) is 4.85. The fourth-order valence-electron chi connectivity index (χ4n) is 3.58. The fraction of sp³-hybridized carbons (Fsp3) is 0.471. The van der Waals surface area contributed by atoms with Gasteiger partial charge in [0.25, 0.3) is 0 Å². The van der Waals surface area contributed by atoms with Crippen molar-refractivity contribution in [3.63, 3.8) is 0 Å². The van der Waals surface area contributed by atoms with Crippen LogP contribution < -0.4 is 5.73 Å². The molecule has 3 rings (SSSR count). The summed E-state index contributed by atoms with van der Waals surface area (Å²) in [5, 5.41) is 4.63. The lowest BCUT2D eigenvalue weighted by Crippen LogP contribution is -2.16. The zero-order valence-corrected chi connectivity index (χ0v) is 12.9. The highest BCUT2D eigenvalue weighted by Crippen LogP contribution is 2.51. The van der Waals surface area contributed by atoms with Crippen LogP contribution in [0.25, 0.3) is 11.1 Å². The van der Waals surface area contributed by atoms with Crippen molar-refractivity contribution in [1.29, 1.82) is 0 Å². The molecular weight excluding hydrogens is 265 g/mol. The summed E-state index contributed by atoms with van der Waals surface area (Å²) in [7, 11) is 1.82. The number of aromatic nitrogens is 2. The molecule has 0 bridgehead atoms. The maximum absolute atomic E-state index is 14.2. The molecule has 1 unspecified atom stereocenters. The number of hydrogen-bond acceptors (Lipinski definition) is 2. The van der Waals surface area contributed by atoms with E-state index in [0.717, 1.165) is 17.7 Å². The van der Waals surface area contributed by atoms with Crippen molar-refractivity contribution in [2.45, 2.75) is 39.0 Å². The first-order valence-corrected chi connectivity index (χ1v) is 7.49. The highest BCUT2D eigenvalue weighted by Gasteiger charge is 2.39. The van der Waals surface area contributed by atoms with E-state index in [1.807, 2.05) is 13.1 Å². The maximum Gasteiger partial charge on any atom is 0.131 e. The molecule has 4 heteroatoms. The lowest BCUT2D eigenvalue weighted by Gasteiger charge is -2.26. The van der Waals surface area contributed by atoms with Gasteiger partial charge in [0, 0.05) is 18.5 Å². The van der Waals surface area contributed by atoms with Crippen LogP contribution in [0.2, 0.25) is 0 Å². The van der Waals surface area contributed by atoms with Gasteiger partial charge in [-0.3, -0.25) is 4.68 Å². The minimum atomic E-state index is -0.241. The molecule has 0 aliphatic heterocycles. The predicted molar refractivity (Wildman–Crippen MR) is 83.4 cm³/mol. The topological polar surface area (TPSA) is 43.8 Å².